The number of thioether (sulfide) groups is 1. The van der Waals surface area contributed by atoms with E-state index in [0.29, 0.717) is 20.6 Å². The molecule has 1 fully saturated rings. The molecule has 1 aliphatic rings. The van der Waals surface area contributed by atoms with Crippen LogP contribution in [-0.2, 0) is 11.4 Å². The fourth-order valence-electron chi connectivity index (χ4n) is 2.61. The van der Waals surface area contributed by atoms with Crippen molar-refractivity contribution in [1.29, 1.82) is 0 Å². The fourth-order valence-corrected chi connectivity index (χ4v) is 3.87. The van der Waals surface area contributed by atoms with E-state index in [-0.39, 0.29) is 29.3 Å². The van der Waals surface area contributed by atoms with Gasteiger partial charge in [0.1, 0.15) is 12.3 Å². The van der Waals surface area contributed by atoms with Crippen molar-refractivity contribution < 1.29 is 19.4 Å². The Morgan fingerprint density at radius 1 is 1.27 bits per heavy atom. The molecule has 2 aromatic heterocycles. The monoisotopic (exact) mass is 487 g/mol. The predicted molar refractivity (Wildman–Crippen MR) is 113 cm³/mol. The summed E-state index contributed by atoms with van der Waals surface area (Å²) in [6.45, 7) is 0.0746. The quantitative estimate of drug-likeness (QED) is 0.545. The maximum absolute atomic E-state index is 12.1. The van der Waals surface area contributed by atoms with Crippen LogP contribution in [0.4, 0.5) is 4.79 Å². The maximum atomic E-state index is 12.1. The standard InChI is InChI=1S/C19H14BrN5O4S/c1-24-18(27)17(30-19(24)28)7-11-6-16(15(26)8-14(11)20)29-10-12-9-25(23-22-12)13-2-4-21-5-3-13/h2-9,26H,10H2,1H3/b17-7-. The van der Waals surface area contributed by atoms with Crippen LogP contribution in [0.25, 0.3) is 11.8 Å². The van der Waals surface area contributed by atoms with E-state index in [9.17, 15) is 14.7 Å². The Morgan fingerprint density at radius 3 is 2.73 bits per heavy atom. The summed E-state index contributed by atoms with van der Waals surface area (Å²) in [5.41, 5.74) is 1.95. The predicted octanol–water partition coefficient (Wildman–Crippen LogP) is 3.38. The molecular formula is C19H14BrN5O4S. The van der Waals surface area contributed by atoms with Gasteiger partial charge in [0.15, 0.2) is 11.5 Å². The summed E-state index contributed by atoms with van der Waals surface area (Å²) in [7, 11) is 1.43. The van der Waals surface area contributed by atoms with Gasteiger partial charge in [0, 0.05) is 23.9 Å². The number of benzene rings is 1. The number of likely N-dealkylation sites (N-methyl/N-ethyl adjacent to an activating group) is 1. The molecule has 30 heavy (non-hydrogen) atoms. The highest BCUT2D eigenvalue weighted by Crippen LogP contribution is 2.37. The van der Waals surface area contributed by atoms with Gasteiger partial charge >= 0.3 is 0 Å². The van der Waals surface area contributed by atoms with Crippen molar-refractivity contribution in [2.24, 2.45) is 0 Å². The van der Waals surface area contributed by atoms with Gasteiger partial charge in [-0.25, -0.2) is 4.68 Å². The molecule has 3 aromatic rings. The number of hydrogen-bond donors (Lipinski definition) is 1. The third-order valence-electron chi connectivity index (χ3n) is 4.20. The third-order valence-corrected chi connectivity index (χ3v) is 5.84. The summed E-state index contributed by atoms with van der Waals surface area (Å²) in [6.07, 6.45) is 6.59. The van der Waals surface area contributed by atoms with Crippen molar-refractivity contribution in [3.05, 3.63) is 63.5 Å². The molecule has 1 aliphatic heterocycles. The molecule has 3 heterocycles. The summed E-state index contributed by atoms with van der Waals surface area (Å²) < 4.78 is 7.85. The first-order valence-electron chi connectivity index (χ1n) is 8.61. The number of ether oxygens (including phenoxy) is 1. The lowest BCUT2D eigenvalue weighted by molar-refractivity contribution is -0.121. The number of pyridine rings is 1. The highest BCUT2D eigenvalue weighted by molar-refractivity contribution is 9.10. The largest absolute Gasteiger partial charge is 0.504 e. The average molecular weight is 488 g/mol. The van der Waals surface area contributed by atoms with Gasteiger partial charge in [0.2, 0.25) is 0 Å². The van der Waals surface area contributed by atoms with Crippen molar-refractivity contribution in [3.8, 4) is 17.2 Å². The molecule has 1 N–H and O–H groups in total. The van der Waals surface area contributed by atoms with Crippen LogP contribution in [0.5, 0.6) is 11.5 Å². The lowest BCUT2D eigenvalue weighted by atomic mass is 10.2. The Kier molecular flexibility index (Phi) is 5.55. The molecule has 1 saturated heterocycles. The second-order valence-corrected chi connectivity index (χ2v) is 8.08. The molecule has 0 bridgehead atoms. The molecule has 9 nitrogen and oxygen atoms in total. The summed E-state index contributed by atoms with van der Waals surface area (Å²) in [5.74, 6) is -0.247. The first kappa shape index (κ1) is 20.1. The first-order valence-corrected chi connectivity index (χ1v) is 10.2. The van der Waals surface area contributed by atoms with E-state index in [4.69, 9.17) is 4.74 Å². The van der Waals surface area contributed by atoms with Crippen LogP contribution < -0.4 is 4.74 Å². The summed E-state index contributed by atoms with van der Waals surface area (Å²) in [6, 6.07) is 6.63. The van der Waals surface area contributed by atoms with Gasteiger partial charge in [-0.05, 0) is 47.7 Å². The molecular weight excluding hydrogens is 474 g/mol. The summed E-state index contributed by atoms with van der Waals surface area (Å²) in [5, 5.41) is 18.0. The number of rotatable bonds is 5. The minimum absolute atomic E-state index is 0.0746. The van der Waals surface area contributed by atoms with E-state index in [1.54, 1.807) is 47.5 Å². The van der Waals surface area contributed by atoms with Gasteiger partial charge in [-0.2, -0.15) is 0 Å². The minimum atomic E-state index is -0.375. The van der Waals surface area contributed by atoms with Crippen molar-refractivity contribution in [2.75, 3.05) is 7.05 Å². The molecule has 0 aliphatic carbocycles. The topological polar surface area (TPSA) is 110 Å². The van der Waals surface area contributed by atoms with E-state index < -0.39 is 0 Å². The van der Waals surface area contributed by atoms with Gasteiger partial charge in [0.05, 0.1) is 16.8 Å². The van der Waals surface area contributed by atoms with Crippen LogP contribution in [0, 0.1) is 0 Å². The van der Waals surface area contributed by atoms with Gasteiger partial charge in [-0.3, -0.25) is 19.5 Å². The average Bonchev–Trinajstić information content (AvgIpc) is 3.31. The summed E-state index contributed by atoms with van der Waals surface area (Å²) in [4.78, 5) is 29.1. The third kappa shape index (κ3) is 4.07. The van der Waals surface area contributed by atoms with Crippen LogP contribution in [0.1, 0.15) is 11.3 Å². The zero-order valence-corrected chi connectivity index (χ0v) is 17.9. The minimum Gasteiger partial charge on any atom is -0.504 e. The van der Waals surface area contributed by atoms with Crippen molar-refractivity contribution >= 4 is 44.9 Å². The molecule has 4 rings (SSSR count). The SMILES string of the molecule is CN1C(=O)S/C(=C\c2cc(OCc3cn(-c4ccncc4)nn3)c(O)cc2Br)C1=O. The fraction of sp³-hybridized carbons (Fsp3) is 0.105. The first-order chi connectivity index (χ1) is 14.4. The number of hydrogen-bond acceptors (Lipinski definition) is 8. The number of phenolic OH excluding ortho intramolecular Hbond substituents is 1. The number of carbonyl (C=O) groups excluding carboxylic acids is 2. The smallest absolute Gasteiger partial charge is 0.293 e. The molecule has 0 atom stereocenters. The molecule has 0 saturated carbocycles. The molecule has 0 spiro atoms. The lowest BCUT2D eigenvalue weighted by Crippen LogP contribution is -2.22. The number of aromatic hydroxyl groups is 1. The Morgan fingerprint density at radius 2 is 2.03 bits per heavy atom. The van der Waals surface area contributed by atoms with E-state index >= 15 is 0 Å². The lowest BCUT2D eigenvalue weighted by Gasteiger charge is -2.09. The number of amides is 2. The van der Waals surface area contributed by atoms with E-state index in [2.05, 4.69) is 31.2 Å². The van der Waals surface area contributed by atoms with Gasteiger partial charge in [-0.15, -0.1) is 5.10 Å². The number of carbonyl (C=O) groups is 2. The van der Waals surface area contributed by atoms with Crippen molar-refractivity contribution in [1.82, 2.24) is 24.9 Å². The Bertz CT molecular complexity index is 1160. The number of halogens is 1. The van der Waals surface area contributed by atoms with Gasteiger partial charge in [-0.1, -0.05) is 21.1 Å². The zero-order chi connectivity index (χ0) is 21.3. The van der Waals surface area contributed by atoms with E-state index in [1.165, 1.54) is 13.1 Å². The summed E-state index contributed by atoms with van der Waals surface area (Å²) >= 11 is 4.21. The Balaban J connectivity index is 1.53. The Labute approximate surface area is 183 Å². The van der Waals surface area contributed by atoms with Crippen molar-refractivity contribution in [2.45, 2.75) is 6.61 Å². The van der Waals surface area contributed by atoms with Crippen LogP contribution in [-0.4, -0.2) is 48.2 Å². The number of nitrogens with zero attached hydrogens (tertiary/aromatic N) is 5. The van der Waals surface area contributed by atoms with Crippen LogP contribution in [0.15, 0.2) is 52.2 Å². The molecule has 152 valence electrons. The number of imide groups is 1. The zero-order valence-electron chi connectivity index (χ0n) is 15.5. The second kappa shape index (κ2) is 8.28. The number of aromatic nitrogens is 4. The molecule has 0 unspecified atom stereocenters. The van der Waals surface area contributed by atoms with Gasteiger partial charge in [0.25, 0.3) is 11.1 Å². The Hall–Kier alpha value is -3.18. The normalized spacial score (nSPS) is 15.3. The molecule has 0 radical (unpaired) electrons. The second-order valence-electron chi connectivity index (χ2n) is 6.23. The van der Waals surface area contributed by atoms with Crippen LogP contribution in [0.3, 0.4) is 0 Å². The molecule has 2 amide bonds. The number of phenols is 1. The highest BCUT2D eigenvalue weighted by Gasteiger charge is 2.32. The van der Waals surface area contributed by atoms with Gasteiger partial charge < -0.3 is 9.84 Å². The molecule has 11 heteroatoms. The highest BCUT2D eigenvalue weighted by atomic mass is 79.9. The van der Waals surface area contributed by atoms with Crippen molar-refractivity contribution in [3.63, 3.8) is 0 Å². The van der Waals surface area contributed by atoms with Crippen LogP contribution in [0.2, 0.25) is 0 Å². The maximum Gasteiger partial charge on any atom is 0.293 e. The molecule has 1 aromatic carbocycles. The van der Waals surface area contributed by atoms with Crippen LogP contribution >= 0.6 is 27.7 Å². The van der Waals surface area contributed by atoms with E-state index in [0.717, 1.165) is 22.3 Å². The van der Waals surface area contributed by atoms with E-state index in [1.807, 2.05) is 0 Å².